The second-order valence-electron chi connectivity index (χ2n) is 4.73. The molecule has 0 atom stereocenters. The van der Waals surface area contributed by atoms with Gasteiger partial charge in [-0.3, -0.25) is 4.68 Å². The molecule has 1 aromatic heterocycles. The molecule has 2 rings (SSSR count). The van der Waals surface area contributed by atoms with E-state index in [2.05, 4.69) is 12.0 Å². The van der Waals surface area contributed by atoms with Crippen LogP contribution in [0.1, 0.15) is 34.8 Å². The summed E-state index contributed by atoms with van der Waals surface area (Å²) in [7, 11) is 0. The van der Waals surface area contributed by atoms with Gasteiger partial charge in [-0.1, -0.05) is 13.0 Å². The Morgan fingerprint density at radius 2 is 2.05 bits per heavy atom. The lowest BCUT2D eigenvalue weighted by molar-refractivity contribution is 0.0696. The van der Waals surface area contributed by atoms with Gasteiger partial charge in [-0.15, -0.1) is 0 Å². The van der Waals surface area contributed by atoms with E-state index in [0.29, 0.717) is 5.56 Å². The van der Waals surface area contributed by atoms with Crippen LogP contribution < -0.4 is 0 Å². The van der Waals surface area contributed by atoms with Gasteiger partial charge in [-0.05, 0) is 43.5 Å². The van der Waals surface area contributed by atoms with Crippen LogP contribution in [0.4, 0.5) is 0 Å². The first kappa shape index (κ1) is 13.3. The lowest BCUT2D eigenvalue weighted by atomic mass is 9.98. The topological polar surface area (TPSA) is 55.1 Å². The Kier molecular flexibility index (Phi) is 3.69. The van der Waals surface area contributed by atoms with Crippen molar-refractivity contribution in [1.82, 2.24) is 9.78 Å². The Morgan fingerprint density at radius 3 is 2.68 bits per heavy atom. The summed E-state index contributed by atoms with van der Waals surface area (Å²) in [5, 5.41) is 13.5. The van der Waals surface area contributed by atoms with Crippen molar-refractivity contribution in [2.24, 2.45) is 0 Å². The number of carboxylic acids is 1. The van der Waals surface area contributed by atoms with Crippen molar-refractivity contribution >= 4 is 5.97 Å². The molecule has 0 radical (unpaired) electrons. The first-order valence-corrected chi connectivity index (χ1v) is 6.41. The fourth-order valence-corrected chi connectivity index (χ4v) is 2.31. The molecule has 1 N–H and O–H groups in total. The summed E-state index contributed by atoms with van der Waals surface area (Å²) in [6.07, 6.45) is 2.75. The molecule has 1 aromatic carbocycles. The summed E-state index contributed by atoms with van der Waals surface area (Å²) in [5.41, 5.74) is 4.12. The van der Waals surface area contributed by atoms with Gasteiger partial charge in [0, 0.05) is 18.3 Å². The van der Waals surface area contributed by atoms with Gasteiger partial charge in [0.05, 0.1) is 11.3 Å². The molecule has 4 heteroatoms. The lowest BCUT2D eigenvalue weighted by Gasteiger charge is -2.12. The van der Waals surface area contributed by atoms with Crippen LogP contribution in [0.5, 0.6) is 0 Å². The van der Waals surface area contributed by atoms with Gasteiger partial charge in [0.2, 0.25) is 0 Å². The van der Waals surface area contributed by atoms with Crippen LogP contribution in [0.15, 0.2) is 24.4 Å². The van der Waals surface area contributed by atoms with Gasteiger partial charge < -0.3 is 5.11 Å². The molecule has 0 saturated carbocycles. The molecular formula is C15H18N2O2. The Balaban J connectivity index is 2.58. The van der Waals surface area contributed by atoms with Crippen LogP contribution in [0.2, 0.25) is 0 Å². The van der Waals surface area contributed by atoms with Crippen LogP contribution in [0, 0.1) is 13.8 Å². The molecule has 0 aliphatic heterocycles. The van der Waals surface area contributed by atoms with E-state index >= 15 is 0 Å². The molecule has 4 nitrogen and oxygen atoms in total. The first-order valence-electron chi connectivity index (χ1n) is 6.41. The zero-order valence-electron chi connectivity index (χ0n) is 11.5. The smallest absolute Gasteiger partial charge is 0.335 e. The van der Waals surface area contributed by atoms with E-state index < -0.39 is 5.97 Å². The number of aryl methyl sites for hydroxylation is 3. The summed E-state index contributed by atoms with van der Waals surface area (Å²) in [6.45, 7) is 6.75. The maximum atomic E-state index is 11.2. The predicted molar refractivity (Wildman–Crippen MR) is 74.4 cm³/mol. The van der Waals surface area contributed by atoms with E-state index in [1.807, 2.05) is 30.7 Å². The quantitative estimate of drug-likeness (QED) is 0.915. The molecule has 0 amide bonds. The van der Waals surface area contributed by atoms with Gasteiger partial charge in [-0.25, -0.2) is 4.79 Å². The molecule has 0 unspecified atom stereocenters. The Morgan fingerprint density at radius 1 is 1.32 bits per heavy atom. The Bertz CT molecular complexity index is 615. The number of carboxylic acid groups (broad SMARTS) is 1. The summed E-state index contributed by atoms with van der Waals surface area (Å²) >= 11 is 0. The molecule has 0 fully saturated rings. The van der Waals surface area contributed by atoms with Crippen molar-refractivity contribution in [2.45, 2.75) is 33.7 Å². The third kappa shape index (κ3) is 2.52. The summed E-state index contributed by atoms with van der Waals surface area (Å²) in [6, 6.07) is 5.59. The standard InChI is InChI=1S/C15H18N2O2/c1-4-7-17-14(5-6-16-17)12-9-13(15(18)19)11(3)8-10(12)2/h5-6,8-9H,4,7H2,1-3H3,(H,18,19). The minimum atomic E-state index is -0.889. The number of hydrogen-bond donors (Lipinski definition) is 1. The molecule has 19 heavy (non-hydrogen) atoms. The highest BCUT2D eigenvalue weighted by molar-refractivity contribution is 5.91. The maximum Gasteiger partial charge on any atom is 0.335 e. The third-order valence-electron chi connectivity index (χ3n) is 3.23. The van der Waals surface area contributed by atoms with Crippen LogP contribution in [0.25, 0.3) is 11.3 Å². The maximum absolute atomic E-state index is 11.2. The zero-order chi connectivity index (χ0) is 14.0. The highest BCUT2D eigenvalue weighted by Gasteiger charge is 2.14. The van der Waals surface area contributed by atoms with Crippen molar-refractivity contribution in [1.29, 1.82) is 0 Å². The fraction of sp³-hybridized carbons (Fsp3) is 0.333. The minimum Gasteiger partial charge on any atom is -0.478 e. The lowest BCUT2D eigenvalue weighted by Crippen LogP contribution is -2.05. The highest BCUT2D eigenvalue weighted by Crippen LogP contribution is 2.26. The summed E-state index contributed by atoms with van der Waals surface area (Å²) in [4.78, 5) is 11.2. The first-order chi connectivity index (χ1) is 9.04. The van der Waals surface area contributed by atoms with E-state index in [0.717, 1.165) is 35.3 Å². The number of rotatable bonds is 4. The number of carbonyl (C=O) groups is 1. The van der Waals surface area contributed by atoms with Crippen LogP contribution in [-0.2, 0) is 6.54 Å². The molecule has 1 heterocycles. The van der Waals surface area contributed by atoms with Gasteiger partial charge >= 0.3 is 5.97 Å². The molecule has 0 aliphatic carbocycles. The molecule has 0 spiro atoms. The minimum absolute atomic E-state index is 0.352. The van der Waals surface area contributed by atoms with Gasteiger partial charge in [0.25, 0.3) is 0 Å². The largest absolute Gasteiger partial charge is 0.478 e. The van der Waals surface area contributed by atoms with Crippen LogP contribution in [0.3, 0.4) is 0 Å². The van der Waals surface area contributed by atoms with Crippen molar-refractivity contribution in [3.05, 3.63) is 41.1 Å². The summed E-state index contributed by atoms with van der Waals surface area (Å²) < 4.78 is 1.92. The van der Waals surface area contributed by atoms with Crippen molar-refractivity contribution in [2.75, 3.05) is 0 Å². The van der Waals surface area contributed by atoms with Crippen molar-refractivity contribution in [3.8, 4) is 11.3 Å². The molecule has 2 aromatic rings. The average Bonchev–Trinajstić information content (AvgIpc) is 2.77. The average molecular weight is 258 g/mol. The number of aromatic carboxylic acids is 1. The van der Waals surface area contributed by atoms with E-state index in [1.54, 1.807) is 12.3 Å². The second-order valence-corrected chi connectivity index (χ2v) is 4.73. The molecular weight excluding hydrogens is 240 g/mol. The number of benzene rings is 1. The van der Waals surface area contributed by atoms with E-state index in [9.17, 15) is 9.90 Å². The third-order valence-corrected chi connectivity index (χ3v) is 3.23. The SMILES string of the molecule is CCCn1nccc1-c1cc(C(=O)O)c(C)cc1C. The van der Waals surface area contributed by atoms with Crippen LogP contribution in [-0.4, -0.2) is 20.9 Å². The van der Waals surface area contributed by atoms with Gasteiger partial charge in [0.1, 0.15) is 0 Å². The Labute approximate surface area is 112 Å². The van der Waals surface area contributed by atoms with Crippen molar-refractivity contribution in [3.63, 3.8) is 0 Å². The Hall–Kier alpha value is -2.10. The number of hydrogen-bond acceptors (Lipinski definition) is 2. The highest BCUT2D eigenvalue weighted by atomic mass is 16.4. The predicted octanol–water partition coefficient (Wildman–Crippen LogP) is 3.28. The van der Waals surface area contributed by atoms with E-state index in [-0.39, 0.29) is 0 Å². The fourth-order valence-electron chi connectivity index (χ4n) is 2.31. The monoisotopic (exact) mass is 258 g/mol. The normalized spacial score (nSPS) is 10.7. The van der Waals surface area contributed by atoms with Crippen molar-refractivity contribution < 1.29 is 9.90 Å². The van der Waals surface area contributed by atoms with Crippen LogP contribution >= 0.6 is 0 Å². The summed E-state index contributed by atoms with van der Waals surface area (Å²) in [5.74, 6) is -0.889. The van der Waals surface area contributed by atoms with Gasteiger partial charge in [0.15, 0.2) is 0 Å². The molecule has 0 bridgehead atoms. The molecule has 100 valence electrons. The molecule has 0 aliphatic rings. The molecule has 0 saturated heterocycles. The number of nitrogens with zero attached hydrogens (tertiary/aromatic N) is 2. The second kappa shape index (κ2) is 5.26. The van der Waals surface area contributed by atoms with Gasteiger partial charge in [-0.2, -0.15) is 5.10 Å². The zero-order valence-corrected chi connectivity index (χ0v) is 11.5. The van der Waals surface area contributed by atoms with E-state index in [1.165, 1.54) is 0 Å². The number of aromatic nitrogens is 2. The van der Waals surface area contributed by atoms with E-state index in [4.69, 9.17) is 0 Å².